The average Bonchev–Trinajstić information content (AvgIpc) is 3.39. The van der Waals surface area contributed by atoms with Gasteiger partial charge >= 0.3 is 0 Å². The zero-order chi connectivity index (χ0) is 18.1. The van der Waals surface area contributed by atoms with Gasteiger partial charge in [0.25, 0.3) is 17.7 Å². The highest BCUT2D eigenvalue weighted by Gasteiger charge is 2.36. The maximum Gasteiger partial charge on any atom is 0.261 e. The molecular formula is C19H14N2O4S. The molecule has 4 rings (SSSR count). The van der Waals surface area contributed by atoms with E-state index in [0.29, 0.717) is 23.4 Å². The molecule has 3 heterocycles. The number of carbonyl (C=O) groups is 3. The second-order valence-corrected chi connectivity index (χ2v) is 6.63. The first-order valence-electron chi connectivity index (χ1n) is 7.95. The predicted molar refractivity (Wildman–Crippen MR) is 94.8 cm³/mol. The Morgan fingerprint density at radius 2 is 1.96 bits per heavy atom. The van der Waals surface area contributed by atoms with Crippen molar-refractivity contribution in [3.05, 3.63) is 81.4 Å². The van der Waals surface area contributed by atoms with Crippen LogP contribution in [-0.4, -0.2) is 22.6 Å². The summed E-state index contributed by atoms with van der Waals surface area (Å²) in [5.74, 6) is -0.572. The molecule has 0 unspecified atom stereocenters. The van der Waals surface area contributed by atoms with Crippen LogP contribution in [0.15, 0.2) is 57.8 Å². The van der Waals surface area contributed by atoms with Crippen LogP contribution < -0.4 is 5.32 Å². The first kappa shape index (κ1) is 16.3. The number of carbonyl (C=O) groups excluding carboxylic acids is 3. The van der Waals surface area contributed by atoms with Gasteiger partial charge in [-0.2, -0.15) is 11.3 Å². The lowest BCUT2D eigenvalue weighted by atomic mass is 10.1. The largest absolute Gasteiger partial charge is 0.467 e. The zero-order valence-electron chi connectivity index (χ0n) is 13.6. The van der Waals surface area contributed by atoms with E-state index in [9.17, 15) is 14.4 Å². The Morgan fingerprint density at radius 1 is 1.12 bits per heavy atom. The van der Waals surface area contributed by atoms with Gasteiger partial charge in [-0.25, -0.2) is 0 Å². The third-order valence-corrected chi connectivity index (χ3v) is 4.89. The molecule has 1 N–H and O–H groups in total. The van der Waals surface area contributed by atoms with E-state index in [0.717, 1.165) is 10.5 Å². The van der Waals surface area contributed by atoms with Crippen LogP contribution in [0.2, 0.25) is 0 Å². The normalized spacial score (nSPS) is 13.2. The molecule has 0 aliphatic carbocycles. The Labute approximate surface area is 153 Å². The second kappa shape index (κ2) is 6.61. The van der Waals surface area contributed by atoms with Crippen LogP contribution >= 0.6 is 11.3 Å². The van der Waals surface area contributed by atoms with Crippen molar-refractivity contribution in [1.29, 1.82) is 0 Å². The Balaban J connectivity index is 1.52. The Kier molecular flexibility index (Phi) is 4.14. The van der Waals surface area contributed by atoms with Crippen molar-refractivity contribution in [3.63, 3.8) is 0 Å². The van der Waals surface area contributed by atoms with E-state index in [-0.39, 0.29) is 23.9 Å². The summed E-state index contributed by atoms with van der Waals surface area (Å²) in [5.41, 5.74) is 1.90. The van der Waals surface area contributed by atoms with Gasteiger partial charge in [-0.3, -0.25) is 19.3 Å². The molecule has 0 bridgehead atoms. The summed E-state index contributed by atoms with van der Waals surface area (Å²) >= 11 is 1.56. The summed E-state index contributed by atoms with van der Waals surface area (Å²) < 4.78 is 5.21. The zero-order valence-corrected chi connectivity index (χ0v) is 14.4. The summed E-state index contributed by atoms with van der Waals surface area (Å²) in [6.45, 7) is 0.482. The standard InChI is InChI=1S/C19H14N2O4S/c22-17(20-9-12-5-7-26-11-12)13-3-4-15-16(8-13)19(24)21(18(15)23)10-14-2-1-6-25-14/h1-8,11H,9-10H2,(H,20,22). The smallest absolute Gasteiger partial charge is 0.261 e. The number of furan rings is 1. The molecule has 0 saturated heterocycles. The monoisotopic (exact) mass is 366 g/mol. The summed E-state index contributed by atoms with van der Waals surface area (Å²) in [5, 5.41) is 6.70. The van der Waals surface area contributed by atoms with Gasteiger partial charge in [-0.15, -0.1) is 0 Å². The van der Waals surface area contributed by atoms with Crippen LogP contribution in [0.5, 0.6) is 0 Å². The molecule has 0 radical (unpaired) electrons. The molecule has 1 aliphatic heterocycles. The minimum absolute atomic E-state index is 0.0685. The molecule has 0 spiro atoms. The lowest BCUT2D eigenvalue weighted by molar-refractivity contribution is 0.0631. The van der Waals surface area contributed by atoms with Crippen LogP contribution in [0.25, 0.3) is 0 Å². The van der Waals surface area contributed by atoms with Crippen molar-refractivity contribution < 1.29 is 18.8 Å². The highest BCUT2D eigenvalue weighted by Crippen LogP contribution is 2.25. The Morgan fingerprint density at radius 3 is 2.69 bits per heavy atom. The van der Waals surface area contributed by atoms with Gasteiger partial charge in [0.2, 0.25) is 0 Å². The topological polar surface area (TPSA) is 79.6 Å². The van der Waals surface area contributed by atoms with Crippen LogP contribution in [-0.2, 0) is 13.1 Å². The fourth-order valence-corrected chi connectivity index (χ4v) is 3.48. The Bertz CT molecular complexity index is 977. The molecule has 130 valence electrons. The lowest BCUT2D eigenvalue weighted by Gasteiger charge is -2.11. The van der Waals surface area contributed by atoms with Crippen molar-refractivity contribution in [1.82, 2.24) is 10.2 Å². The van der Waals surface area contributed by atoms with E-state index in [2.05, 4.69) is 5.32 Å². The quantitative estimate of drug-likeness (QED) is 0.704. The molecule has 2 aromatic heterocycles. The van der Waals surface area contributed by atoms with Gasteiger partial charge in [0.05, 0.1) is 23.9 Å². The van der Waals surface area contributed by atoms with E-state index >= 15 is 0 Å². The highest BCUT2D eigenvalue weighted by molar-refractivity contribution is 7.07. The van der Waals surface area contributed by atoms with Crippen LogP contribution in [0.1, 0.15) is 42.4 Å². The summed E-state index contributed by atoms with van der Waals surface area (Å²) in [7, 11) is 0. The molecule has 0 saturated carbocycles. The maximum absolute atomic E-state index is 12.6. The van der Waals surface area contributed by atoms with Crippen molar-refractivity contribution in [2.24, 2.45) is 0 Å². The van der Waals surface area contributed by atoms with Gasteiger partial charge < -0.3 is 9.73 Å². The molecule has 1 aliphatic rings. The van der Waals surface area contributed by atoms with Crippen molar-refractivity contribution in [3.8, 4) is 0 Å². The molecule has 1 aromatic carbocycles. The van der Waals surface area contributed by atoms with Crippen molar-refractivity contribution in [2.45, 2.75) is 13.1 Å². The Hall–Kier alpha value is -3.19. The third-order valence-electron chi connectivity index (χ3n) is 4.16. The van der Waals surface area contributed by atoms with Crippen molar-refractivity contribution >= 4 is 29.1 Å². The van der Waals surface area contributed by atoms with Gasteiger partial charge in [-0.05, 0) is 52.7 Å². The molecular weight excluding hydrogens is 352 g/mol. The van der Waals surface area contributed by atoms with Gasteiger partial charge in [0.15, 0.2) is 0 Å². The van der Waals surface area contributed by atoms with Crippen molar-refractivity contribution in [2.75, 3.05) is 0 Å². The van der Waals surface area contributed by atoms with E-state index in [1.807, 2.05) is 16.8 Å². The fourth-order valence-electron chi connectivity index (χ4n) is 2.81. The van der Waals surface area contributed by atoms with E-state index in [4.69, 9.17) is 4.42 Å². The van der Waals surface area contributed by atoms with Crippen LogP contribution in [0, 0.1) is 0 Å². The number of imide groups is 1. The van der Waals surface area contributed by atoms with E-state index < -0.39 is 5.91 Å². The molecule has 26 heavy (non-hydrogen) atoms. The number of hydrogen-bond acceptors (Lipinski definition) is 5. The number of nitrogens with zero attached hydrogens (tertiary/aromatic N) is 1. The summed E-state index contributed by atoms with van der Waals surface area (Å²) in [6.07, 6.45) is 1.49. The minimum Gasteiger partial charge on any atom is -0.467 e. The number of fused-ring (bicyclic) bond motifs is 1. The fraction of sp³-hybridized carbons (Fsp3) is 0.105. The first-order chi connectivity index (χ1) is 12.6. The van der Waals surface area contributed by atoms with Gasteiger partial charge in [0.1, 0.15) is 5.76 Å². The molecule has 3 aromatic rings. The number of hydrogen-bond donors (Lipinski definition) is 1. The lowest BCUT2D eigenvalue weighted by Crippen LogP contribution is -2.28. The summed E-state index contributed by atoms with van der Waals surface area (Å²) in [6, 6.07) is 9.89. The predicted octanol–water partition coefficient (Wildman–Crippen LogP) is 3.07. The number of rotatable bonds is 5. The summed E-state index contributed by atoms with van der Waals surface area (Å²) in [4.78, 5) is 38.5. The first-order valence-corrected chi connectivity index (χ1v) is 8.89. The van der Waals surface area contributed by atoms with Crippen LogP contribution in [0.3, 0.4) is 0 Å². The molecule has 0 atom stereocenters. The SMILES string of the molecule is O=C(NCc1ccsc1)c1ccc2c(c1)C(=O)N(Cc1ccco1)C2=O. The molecule has 0 fully saturated rings. The molecule has 6 nitrogen and oxygen atoms in total. The second-order valence-electron chi connectivity index (χ2n) is 5.85. The highest BCUT2D eigenvalue weighted by atomic mass is 32.1. The third kappa shape index (κ3) is 2.93. The average molecular weight is 366 g/mol. The number of thiophene rings is 1. The molecule has 3 amide bonds. The van der Waals surface area contributed by atoms with Crippen LogP contribution in [0.4, 0.5) is 0 Å². The maximum atomic E-state index is 12.6. The minimum atomic E-state index is -0.422. The van der Waals surface area contributed by atoms with E-state index in [1.54, 1.807) is 29.5 Å². The van der Waals surface area contributed by atoms with Gasteiger partial charge in [-0.1, -0.05) is 0 Å². The number of benzene rings is 1. The molecule has 7 heteroatoms. The van der Waals surface area contributed by atoms with Gasteiger partial charge in [0, 0.05) is 12.1 Å². The number of nitrogens with one attached hydrogen (secondary N) is 1. The number of amides is 3. The van der Waals surface area contributed by atoms with E-state index in [1.165, 1.54) is 18.4 Å².